The van der Waals surface area contributed by atoms with E-state index in [9.17, 15) is 14.7 Å². The summed E-state index contributed by atoms with van der Waals surface area (Å²) in [6.07, 6.45) is 0.187. The van der Waals surface area contributed by atoms with E-state index in [0.717, 1.165) is 5.56 Å². The second kappa shape index (κ2) is 9.47. The first kappa shape index (κ1) is 20.1. The second-order valence-electron chi connectivity index (χ2n) is 5.86. The van der Waals surface area contributed by atoms with Crippen LogP contribution in [0, 0.1) is 0 Å². The zero-order valence-corrected chi connectivity index (χ0v) is 15.5. The summed E-state index contributed by atoms with van der Waals surface area (Å²) < 4.78 is 15.8. The van der Waals surface area contributed by atoms with Crippen LogP contribution in [0.25, 0.3) is 0 Å². The molecule has 0 spiro atoms. The van der Waals surface area contributed by atoms with E-state index in [2.05, 4.69) is 5.32 Å². The fraction of sp³-hybridized carbons (Fsp3) is 0.300. The van der Waals surface area contributed by atoms with Crippen LogP contribution in [0.1, 0.15) is 11.1 Å². The highest BCUT2D eigenvalue weighted by molar-refractivity contribution is 5.85. The van der Waals surface area contributed by atoms with Crippen molar-refractivity contribution in [2.45, 2.75) is 18.9 Å². The van der Waals surface area contributed by atoms with Crippen molar-refractivity contribution < 1.29 is 28.9 Å². The number of carbonyl (C=O) groups excluding carboxylic acids is 1. The van der Waals surface area contributed by atoms with Gasteiger partial charge in [-0.25, -0.2) is 4.79 Å². The quantitative estimate of drug-likeness (QED) is 0.699. The molecular formula is C20H23NO6. The first-order chi connectivity index (χ1) is 13.0. The molecule has 2 rings (SSSR count). The summed E-state index contributed by atoms with van der Waals surface area (Å²) in [5, 5.41) is 12.0. The van der Waals surface area contributed by atoms with Crippen LogP contribution in [0.5, 0.6) is 17.2 Å². The van der Waals surface area contributed by atoms with Crippen LogP contribution in [0.15, 0.2) is 42.5 Å². The third-order valence-electron chi connectivity index (χ3n) is 4.01. The Morgan fingerprint density at radius 2 is 1.56 bits per heavy atom. The Morgan fingerprint density at radius 1 is 0.963 bits per heavy atom. The SMILES string of the molecule is COc1cc(CC(=O)N[C@H](Cc2ccccc2)C(=O)O)cc(OC)c1OC. The van der Waals surface area contributed by atoms with Crippen molar-refractivity contribution in [3.8, 4) is 17.2 Å². The molecule has 0 aliphatic rings. The summed E-state index contributed by atoms with van der Waals surface area (Å²) in [6.45, 7) is 0. The van der Waals surface area contributed by atoms with E-state index in [1.54, 1.807) is 12.1 Å². The molecule has 2 N–H and O–H groups in total. The minimum atomic E-state index is -1.09. The number of carboxylic acid groups (broad SMARTS) is 1. The Labute approximate surface area is 157 Å². The van der Waals surface area contributed by atoms with Crippen molar-refractivity contribution >= 4 is 11.9 Å². The lowest BCUT2D eigenvalue weighted by molar-refractivity contribution is -0.141. The second-order valence-corrected chi connectivity index (χ2v) is 5.86. The molecule has 144 valence electrons. The maximum atomic E-state index is 12.4. The van der Waals surface area contributed by atoms with Crippen molar-refractivity contribution in [3.63, 3.8) is 0 Å². The number of carbonyl (C=O) groups is 2. The number of hydrogen-bond acceptors (Lipinski definition) is 5. The molecule has 1 atom stereocenters. The van der Waals surface area contributed by atoms with Gasteiger partial charge in [-0.05, 0) is 23.3 Å². The molecular weight excluding hydrogens is 350 g/mol. The lowest BCUT2D eigenvalue weighted by atomic mass is 10.1. The normalized spacial score (nSPS) is 11.4. The van der Waals surface area contributed by atoms with Gasteiger partial charge in [0, 0.05) is 6.42 Å². The lowest BCUT2D eigenvalue weighted by Crippen LogP contribution is -2.43. The zero-order valence-electron chi connectivity index (χ0n) is 15.5. The van der Waals surface area contributed by atoms with Crippen LogP contribution in [-0.4, -0.2) is 44.4 Å². The Bertz CT molecular complexity index is 765. The molecule has 0 radical (unpaired) electrons. The number of hydrogen-bond donors (Lipinski definition) is 2. The maximum absolute atomic E-state index is 12.4. The number of rotatable bonds is 9. The van der Waals surface area contributed by atoms with E-state index in [1.807, 2.05) is 30.3 Å². The lowest BCUT2D eigenvalue weighted by Gasteiger charge is -2.16. The molecule has 0 aliphatic heterocycles. The van der Waals surface area contributed by atoms with Crippen LogP contribution in [0.3, 0.4) is 0 Å². The predicted octanol–water partition coefficient (Wildman–Crippen LogP) is 2.07. The van der Waals surface area contributed by atoms with Crippen LogP contribution < -0.4 is 19.5 Å². The van der Waals surface area contributed by atoms with Gasteiger partial charge >= 0.3 is 5.97 Å². The molecule has 7 heteroatoms. The minimum absolute atomic E-state index is 0.0186. The Kier molecular flexibility index (Phi) is 7.05. The average Bonchev–Trinajstić information content (AvgIpc) is 2.67. The van der Waals surface area contributed by atoms with Crippen LogP contribution in [0.4, 0.5) is 0 Å². The molecule has 0 saturated heterocycles. The Hall–Kier alpha value is -3.22. The third kappa shape index (κ3) is 5.37. The van der Waals surface area contributed by atoms with E-state index in [1.165, 1.54) is 21.3 Å². The highest BCUT2D eigenvalue weighted by Crippen LogP contribution is 2.38. The van der Waals surface area contributed by atoms with E-state index in [0.29, 0.717) is 22.8 Å². The average molecular weight is 373 g/mol. The van der Waals surface area contributed by atoms with Gasteiger partial charge in [0.2, 0.25) is 11.7 Å². The zero-order chi connectivity index (χ0) is 19.8. The number of benzene rings is 2. The highest BCUT2D eigenvalue weighted by Gasteiger charge is 2.21. The number of methoxy groups -OCH3 is 3. The number of amides is 1. The molecule has 0 bridgehead atoms. The predicted molar refractivity (Wildman–Crippen MR) is 99.5 cm³/mol. The van der Waals surface area contributed by atoms with Crippen LogP contribution in [0.2, 0.25) is 0 Å². The number of carboxylic acids is 1. The fourth-order valence-corrected chi connectivity index (χ4v) is 2.72. The summed E-state index contributed by atoms with van der Waals surface area (Å²) >= 11 is 0. The molecule has 27 heavy (non-hydrogen) atoms. The fourth-order valence-electron chi connectivity index (χ4n) is 2.72. The molecule has 0 heterocycles. The molecule has 7 nitrogen and oxygen atoms in total. The Balaban J connectivity index is 2.12. The Morgan fingerprint density at radius 3 is 2.04 bits per heavy atom. The van der Waals surface area contributed by atoms with E-state index < -0.39 is 17.9 Å². The van der Waals surface area contributed by atoms with E-state index >= 15 is 0 Å². The van der Waals surface area contributed by atoms with Crippen LogP contribution in [-0.2, 0) is 22.4 Å². The van der Waals surface area contributed by atoms with Gasteiger partial charge in [0.05, 0.1) is 27.8 Å². The molecule has 0 aromatic heterocycles. The van der Waals surface area contributed by atoms with Gasteiger partial charge in [-0.1, -0.05) is 30.3 Å². The largest absolute Gasteiger partial charge is 0.493 e. The van der Waals surface area contributed by atoms with E-state index in [-0.39, 0.29) is 12.8 Å². The molecule has 0 unspecified atom stereocenters. The van der Waals surface area contributed by atoms with Gasteiger partial charge in [-0.15, -0.1) is 0 Å². The summed E-state index contributed by atoms with van der Waals surface area (Å²) in [5.41, 5.74) is 1.45. The van der Waals surface area contributed by atoms with Crippen molar-refractivity contribution in [2.24, 2.45) is 0 Å². The highest BCUT2D eigenvalue weighted by atomic mass is 16.5. The molecule has 2 aromatic rings. The van der Waals surface area contributed by atoms with Gasteiger partial charge in [0.1, 0.15) is 6.04 Å². The van der Waals surface area contributed by atoms with Crippen molar-refractivity contribution in [3.05, 3.63) is 53.6 Å². The number of nitrogens with one attached hydrogen (secondary N) is 1. The minimum Gasteiger partial charge on any atom is -0.493 e. The summed E-state index contributed by atoms with van der Waals surface area (Å²) in [6, 6.07) is 11.5. The maximum Gasteiger partial charge on any atom is 0.326 e. The monoisotopic (exact) mass is 373 g/mol. The molecule has 1 amide bonds. The van der Waals surface area contributed by atoms with Gasteiger partial charge in [-0.2, -0.15) is 0 Å². The molecule has 0 aliphatic carbocycles. The van der Waals surface area contributed by atoms with E-state index in [4.69, 9.17) is 14.2 Å². The third-order valence-corrected chi connectivity index (χ3v) is 4.01. The van der Waals surface area contributed by atoms with Gasteiger partial charge in [0.25, 0.3) is 0 Å². The summed E-state index contributed by atoms with van der Waals surface area (Å²) in [4.78, 5) is 23.9. The molecule has 2 aromatic carbocycles. The van der Waals surface area contributed by atoms with Gasteiger partial charge in [-0.3, -0.25) is 4.79 Å². The first-order valence-electron chi connectivity index (χ1n) is 8.33. The molecule has 0 saturated carbocycles. The molecule has 0 fully saturated rings. The topological polar surface area (TPSA) is 94.1 Å². The standard InChI is InChI=1S/C20H23NO6/c1-25-16-10-14(11-17(26-2)19(16)27-3)12-18(22)21-15(20(23)24)9-13-7-5-4-6-8-13/h4-8,10-11,15H,9,12H2,1-3H3,(H,21,22)(H,23,24)/t15-/m1/s1. The summed E-state index contributed by atoms with van der Waals surface area (Å²) in [5.74, 6) is -0.209. The van der Waals surface area contributed by atoms with Gasteiger partial charge in [0.15, 0.2) is 11.5 Å². The van der Waals surface area contributed by atoms with Crippen molar-refractivity contribution in [1.29, 1.82) is 0 Å². The number of aliphatic carboxylic acids is 1. The first-order valence-corrected chi connectivity index (χ1v) is 8.33. The van der Waals surface area contributed by atoms with Crippen molar-refractivity contribution in [2.75, 3.05) is 21.3 Å². The number of ether oxygens (including phenoxy) is 3. The summed E-state index contributed by atoms with van der Waals surface area (Å²) in [7, 11) is 4.47. The van der Waals surface area contributed by atoms with Crippen molar-refractivity contribution in [1.82, 2.24) is 5.32 Å². The van der Waals surface area contributed by atoms with Crippen LogP contribution >= 0.6 is 0 Å². The van der Waals surface area contributed by atoms with Gasteiger partial charge < -0.3 is 24.6 Å². The smallest absolute Gasteiger partial charge is 0.326 e.